The van der Waals surface area contributed by atoms with Crippen LogP contribution in [-0.2, 0) is 0 Å². The van der Waals surface area contributed by atoms with E-state index in [9.17, 15) is 4.79 Å². The third kappa shape index (κ3) is 5.22. The van der Waals surface area contributed by atoms with Crippen molar-refractivity contribution in [2.24, 2.45) is 22.0 Å². The lowest BCUT2D eigenvalue weighted by Gasteiger charge is -2.35. The number of benzene rings is 2. The Morgan fingerprint density at radius 3 is 2.23 bits per heavy atom. The third-order valence-electron chi connectivity index (χ3n) is 6.34. The maximum Gasteiger partial charge on any atom is 0.415 e. The van der Waals surface area contributed by atoms with Crippen LogP contribution < -0.4 is 4.74 Å². The Balaban J connectivity index is 1.57. The number of carbonyl (C=O) groups is 1. The van der Waals surface area contributed by atoms with Gasteiger partial charge in [-0.05, 0) is 37.5 Å². The molecule has 0 saturated heterocycles. The molecule has 1 fully saturated rings. The van der Waals surface area contributed by atoms with Crippen molar-refractivity contribution in [3.63, 3.8) is 0 Å². The fourth-order valence-corrected chi connectivity index (χ4v) is 4.66. The number of fused-ring (bicyclic) bond motifs is 1. The van der Waals surface area contributed by atoms with Gasteiger partial charge in [0, 0.05) is 18.4 Å². The first kappa shape index (κ1) is 21.3. The molecule has 162 valence electrons. The molecular formula is C26H31N3O2. The molecule has 2 aliphatic rings. The summed E-state index contributed by atoms with van der Waals surface area (Å²) in [6.45, 7) is 3.01. The monoisotopic (exact) mass is 417 g/mol. The van der Waals surface area contributed by atoms with Crippen LogP contribution in [0, 0.1) is 11.8 Å². The Morgan fingerprint density at radius 2 is 1.55 bits per heavy atom. The predicted octanol–water partition coefficient (Wildman–Crippen LogP) is 5.95. The van der Waals surface area contributed by atoms with Gasteiger partial charge in [0.1, 0.15) is 5.75 Å². The molecule has 1 aliphatic heterocycles. The van der Waals surface area contributed by atoms with E-state index in [4.69, 9.17) is 9.84 Å². The number of hydrogen-bond acceptors (Lipinski definition) is 4. The van der Waals surface area contributed by atoms with Gasteiger partial charge in [-0.1, -0.05) is 74.2 Å². The molecule has 2 atom stereocenters. The smallest absolute Gasteiger partial charge is 0.410 e. The van der Waals surface area contributed by atoms with Crippen LogP contribution in [0.15, 0.2) is 70.9 Å². The van der Waals surface area contributed by atoms with Gasteiger partial charge in [-0.15, -0.1) is 0 Å². The topological polar surface area (TPSA) is 54.3 Å². The van der Waals surface area contributed by atoms with Gasteiger partial charge in [0.05, 0.1) is 18.0 Å². The zero-order valence-electron chi connectivity index (χ0n) is 18.2. The zero-order valence-corrected chi connectivity index (χ0v) is 18.2. The van der Waals surface area contributed by atoms with E-state index in [0.717, 1.165) is 29.8 Å². The van der Waals surface area contributed by atoms with E-state index in [1.807, 2.05) is 31.2 Å². The van der Waals surface area contributed by atoms with Gasteiger partial charge >= 0.3 is 6.09 Å². The van der Waals surface area contributed by atoms with Gasteiger partial charge in [-0.3, -0.25) is 0 Å². The van der Waals surface area contributed by atoms with E-state index < -0.39 is 0 Å². The first-order valence-corrected chi connectivity index (χ1v) is 11.5. The van der Waals surface area contributed by atoms with Gasteiger partial charge in [0.2, 0.25) is 0 Å². The second-order valence-electron chi connectivity index (χ2n) is 8.34. The minimum absolute atomic E-state index is 0.326. The highest BCUT2D eigenvalue weighted by Gasteiger charge is 2.35. The molecule has 2 aromatic rings. The first-order valence-electron chi connectivity index (χ1n) is 11.5. The SMILES string of the molecule is CCN(CC1=NN=C(c2ccccc2)C2CCCCCCC12)C(=O)Oc1ccccc1. The number of amides is 1. The summed E-state index contributed by atoms with van der Waals surface area (Å²) < 4.78 is 5.58. The maximum absolute atomic E-state index is 12.8. The molecule has 0 radical (unpaired) electrons. The normalized spacial score (nSPS) is 21.1. The van der Waals surface area contributed by atoms with Crippen molar-refractivity contribution >= 4 is 17.5 Å². The van der Waals surface area contributed by atoms with Crippen molar-refractivity contribution < 1.29 is 9.53 Å². The second kappa shape index (κ2) is 10.4. The molecule has 2 unspecified atom stereocenters. The summed E-state index contributed by atoms with van der Waals surface area (Å²) in [5.74, 6) is 1.25. The summed E-state index contributed by atoms with van der Waals surface area (Å²) >= 11 is 0. The summed E-state index contributed by atoms with van der Waals surface area (Å²) in [5, 5.41) is 9.37. The molecule has 0 N–H and O–H groups in total. The zero-order chi connectivity index (χ0) is 21.5. The summed E-state index contributed by atoms with van der Waals surface area (Å²) in [6.07, 6.45) is 6.84. The summed E-state index contributed by atoms with van der Waals surface area (Å²) in [4.78, 5) is 14.5. The first-order chi connectivity index (χ1) is 15.3. The van der Waals surface area contributed by atoms with Crippen molar-refractivity contribution in [1.82, 2.24) is 4.90 Å². The third-order valence-corrected chi connectivity index (χ3v) is 6.34. The summed E-state index contributed by atoms with van der Waals surface area (Å²) in [6, 6.07) is 19.6. The number of carbonyl (C=O) groups excluding carboxylic acids is 1. The standard InChI is InChI=1S/C26H31N3O2/c1-2-29(26(30)31-21-15-9-6-10-16-21)19-24-22-17-11-3-4-12-18-23(22)25(28-27-24)20-13-7-5-8-14-20/h5-10,13-16,22-23H,2-4,11-12,17-19H2,1H3. The molecule has 4 rings (SSSR count). The quantitative estimate of drug-likeness (QED) is 0.603. The van der Waals surface area contributed by atoms with Gasteiger partial charge in [-0.25, -0.2) is 4.79 Å². The highest BCUT2D eigenvalue weighted by molar-refractivity contribution is 6.07. The van der Waals surface area contributed by atoms with Crippen LogP contribution in [0.25, 0.3) is 0 Å². The number of rotatable bonds is 5. The lowest BCUT2D eigenvalue weighted by molar-refractivity contribution is 0.160. The fourth-order valence-electron chi connectivity index (χ4n) is 4.66. The van der Waals surface area contributed by atoms with E-state index in [2.05, 4.69) is 29.4 Å². The number of para-hydroxylation sites is 1. The number of hydrogen-bond donors (Lipinski definition) is 0. The Bertz CT molecular complexity index is 924. The molecule has 31 heavy (non-hydrogen) atoms. The Morgan fingerprint density at radius 1 is 0.903 bits per heavy atom. The van der Waals surface area contributed by atoms with E-state index in [1.165, 1.54) is 25.7 Å². The van der Waals surface area contributed by atoms with Crippen LogP contribution >= 0.6 is 0 Å². The molecule has 0 spiro atoms. The van der Waals surface area contributed by atoms with E-state index in [-0.39, 0.29) is 6.09 Å². The van der Waals surface area contributed by atoms with E-state index >= 15 is 0 Å². The number of ether oxygens (including phenoxy) is 1. The van der Waals surface area contributed by atoms with Gasteiger partial charge in [0.15, 0.2) is 0 Å². The summed E-state index contributed by atoms with van der Waals surface area (Å²) in [7, 11) is 0. The van der Waals surface area contributed by atoms with Crippen molar-refractivity contribution in [3.05, 3.63) is 66.2 Å². The van der Waals surface area contributed by atoms with Crippen LogP contribution in [0.2, 0.25) is 0 Å². The van der Waals surface area contributed by atoms with Gasteiger partial charge in [-0.2, -0.15) is 10.2 Å². The van der Waals surface area contributed by atoms with Crippen molar-refractivity contribution in [2.45, 2.75) is 45.4 Å². The van der Waals surface area contributed by atoms with Crippen molar-refractivity contribution in [1.29, 1.82) is 0 Å². The van der Waals surface area contributed by atoms with Crippen LogP contribution in [0.5, 0.6) is 5.75 Å². The second-order valence-corrected chi connectivity index (χ2v) is 8.34. The lowest BCUT2D eigenvalue weighted by atomic mass is 9.74. The molecule has 5 nitrogen and oxygen atoms in total. The Labute approximate surface area is 184 Å². The van der Waals surface area contributed by atoms with E-state index in [0.29, 0.717) is 30.7 Å². The molecule has 1 aliphatic carbocycles. The van der Waals surface area contributed by atoms with Crippen molar-refractivity contribution in [3.8, 4) is 5.75 Å². The average Bonchev–Trinajstić information content (AvgIpc) is 2.79. The maximum atomic E-state index is 12.8. The van der Waals surface area contributed by atoms with Crippen LogP contribution in [0.1, 0.15) is 51.0 Å². The Hall–Kier alpha value is -2.95. The highest BCUT2D eigenvalue weighted by Crippen LogP contribution is 2.35. The lowest BCUT2D eigenvalue weighted by Crippen LogP contribution is -2.43. The van der Waals surface area contributed by atoms with Crippen LogP contribution in [-0.4, -0.2) is 35.5 Å². The molecular weight excluding hydrogens is 386 g/mol. The average molecular weight is 418 g/mol. The Kier molecular flexibility index (Phi) is 7.13. The number of nitrogens with zero attached hydrogens (tertiary/aromatic N) is 3. The van der Waals surface area contributed by atoms with E-state index in [1.54, 1.807) is 17.0 Å². The van der Waals surface area contributed by atoms with Crippen LogP contribution in [0.4, 0.5) is 4.79 Å². The molecule has 1 heterocycles. The molecule has 1 amide bonds. The molecule has 0 aromatic heterocycles. The summed E-state index contributed by atoms with van der Waals surface area (Å²) in [5.41, 5.74) is 3.28. The largest absolute Gasteiger partial charge is 0.415 e. The molecule has 1 saturated carbocycles. The van der Waals surface area contributed by atoms with Gasteiger partial charge in [0.25, 0.3) is 0 Å². The van der Waals surface area contributed by atoms with Crippen molar-refractivity contribution in [2.75, 3.05) is 13.1 Å². The molecule has 5 heteroatoms. The predicted molar refractivity (Wildman–Crippen MR) is 125 cm³/mol. The minimum Gasteiger partial charge on any atom is -0.410 e. The minimum atomic E-state index is -0.336. The molecule has 0 bridgehead atoms. The molecule has 2 aromatic carbocycles. The van der Waals surface area contributed by atoms with Crippen LogP contribution in [0.3, 0.4) is 0 Å². The highest BCUT2D eigenvalue weighted by atomic mass is 16.6. The van der Waals surface area contributed by atoms with Gasteiger partial charge < -0.3 is 9.64 Å². The fraction of sp³-hybridized carbons (Fsp3) is 0.423.